The number of carboxylic acid groups (broad SMARTS) is 3. The molecule has 0 spiro atoms. The van der Waals surface area contributed by atoms with Crippen LogP contribution in [0.5, 0.6) is 0 Å². The lowest BCUT2D eigenvalue weighted by Gasteiger charge is -2.03. The van der Waals surface area contributed by atoms with Gasteiger partial charge < -0.3 is 42.8 Å². The van der Waals surface area contributed by atoms with Crippen molar-refractivity contribution in [3.05, 3.63) is 18.2 Å². The molecule has 0 radical (unpaired) electrons. The molecule has 0 saturated carbocycles. The van der Waals surface area contributed by atoms with Gasteiger partial charge >= 0.3 is 17.9 Å². The molecular weight excluding hydrogens is 384 g/mol. The molecular formula is C17H32N6O6. The molecule has 0 amide bonds. The van der Waals surface area contributed by atoms with E-state index in [0.717, 1.165) is 32.2 Å². The number of carboxylic acids is 3. The normalized spacial score (nSPS) is 17.1. The van der Waals surface area contributed by atoms with Crippen LogP contribution >= 0.6 is 0 Å². The summed E-state index contributed by atoms with van der Waals surface area (Å²) in [6.07, 6.45) is 7.33. The molecule has 12 heteroatoms. The number of carbonyl (C=O) groups is 3. The number of nitrogens with zero attached hydrogens (tertiary/aromatic N) is 1. The van der Waals surface area contributed by atoms with Crippen LogP contribution in [-0.4, -0.2) is 74.4 Å². The van der Waals surface area contributed by atoms with Crippen LogP contribution in [-0.2, 0) is 20.8 Å². The minimum absolute atomic E-state index is 0.263. The Morgan fingerprint density at radius 1 is 1.14 bits per heavy atom. The third-order valence-corrected chi connectivity index (χ3v) is 3.95. The first kappa shape index (κ1) is 26.5. The summed E-state index contributed by atoms with van der Waals surface area (Å²) in [5.74, 6) is -2.66. The SMILES string of the molecule is NCCCC[C@H](N)C(=O)O.N[C@@H](Cc1c[nH]cn1)C(=O)O.O=C(O)[C@@H]1CCCN1. The average Bonchev–Trinajstić information content (AvgIpc) is 3.36. The number of nitrogens with two attached hydrogens (primary N) is 3. The standard InChI is InChI=1S/C6H9N3O2.C6H14N2O2.C5H9NO2/c7-5(6(10)11)1-4-2-8-3-9-4;7-4-2-1-3-5(8)6(9)10;7-5(8)4-2-1-3-6-4/h2-3,5H,1,7H2,(H,8,9)(H,10,11);5H,1-4,7-8H2,(H,9,10);4,6H,1-3H2,(H,7,8)/t2*5-;4-/m000/s1. The highest BCUT2D eigenvalue weighted by molar-refractivity contribution is 5.74. The summed E-state index contributed by atoms with van der Waals surface area (Å²) in [6.45, 7) is 1.46. The Hall–Kier alpha value is -2.54. The van der Waals surface area contributed by atoms with E-state index in [0.29, 0.717) is 18.7 Å². The van der Waals surface area contributed by atoms with Crippen LogP contribution in [0.3, 0.4) is 0 Å². The molecule has 1 aromatic rings. The van der Waals surface area contributed by atoms with Crippen LogP contribution in [0.1, 0.15) is 37.8 Å². The maximum absolute atomic E-state index is 10.3. The Labute approximate surface area is 168 Å². The van der Waals surface area contributed by atoms with Crippen molar-refractivity contribution in [3.8, 4) is 0 Å². The Kier molecular flexibility index (Phi) is 14.0. The van der Waals surface area contributed by atoms with Gasteiger partial charge in [-0.15, -0.1) is 0 Å². The highest BCUT2D eigenvalue weighted by Crippen LogP contribution is 2.03. The minimum Gasteiger partial charge on any atom is -0.480 e. The van der Waals surface area contributed by atoms with Crippen molar-refractivity contribution in [2.75, 3.05) is 13.1 Å². The van der Waals surface area contributed by atoms with Crippen LogP contribution in [0.15, 0.2) is 12.5 Å². The fraction of sp³-hybridized carbons (Fsp3) is 0.647. The predicted molar refractivity (Wildman–Crippen MR) is 105 cm³/mol. The Balaban J connectivity index is 0.000000410. The second-order valence-corrected chi connectivity index (χ2v) is 6.43. The van der Waals surface area contributed by atoms with Gasteiger partial charge in [-0.25, -0.2) is 4.98 Å². The third kappa shape index (κ3) is 13.3. The molecule has 3 atom stereocenters. The van der Waals surface area contributed by atoms with Crippen LogP contribution in [0.2, 0.25) is 0 Å². The molecule has 12 nitrogen and oxygen atoms in total. The summed E-state index contributed by atoms with van der Waals surface area (Å²) in [6, 6.07) is -1.85. The summed E-state index contributed by atoms with van der Waals surface area (Å²) in [7, 11) is 0. The second-order valence-electron chi connectivity index (χ2n) is 6.43. The Bertz CT molecular complexity index is 591. The number of nitrogens with one attached hydrogen (secondary N) is 2. The number of aromatic nitrogens is 2. The van der Waals surface area contributed by atoms with Crippen molar-refractivity contribution < 1.29 is 29.7 Å². The molecule has 1 aliphatic heterocycles. The van der Waals surface area contributed by atoms with E-state index < -0.39 is 30.0 Å². The first-order valence-corrected chi connectivity index (χ1v) is 9.29. The number of hydrogen-bond donors (Lipinski definition) is 8. The van der Waals surface area contributed by atoms with Gasteiger partial charge in [0.05, 0.1) is 12.0 Å². The van der Waals surface area contributed by atoms with E-state index in [2.05, 4.69) is 15.3 Å². The molecule has 1 aliphatic rings. The molecule has 0 aliphatic carbocycles. The minimum atomic E-state index is -1.01. The predicted octanol–water partition coefficient (Wildman–Crippen LogP) is -1.29. The van der Waals surface area contributed by atoms with Crippen LogP contribution in [0.4, 0.5) is 0 Å². The largest absolute Gasteiger partial charge is 0.480 e. The summed E-state index contributed by atoms with van der Waals surface area (Å²) in [5, 5.41) is 28.0. The summed E-state index contributed by atoms with van der Waals surface area (Å²) < 4.78 is 0. The third-order valence-electron chi connectivity index (χ3n) is 3.95. The van der Waals surface area contributed by atoms with E-state index in [-0.39, 0.29) is 12.5 Å². The van der Waals surface area contributed by atoms with Crippen molar-refractivity contribution in [2.24, 2.45) is 17.2 Å². The number of aliphatic carboxylic acids is 3. The smallest absolute Gasteiger partial charge is 0.320 e. The monoisotopic (exact) mass is 416 g/mol. The van der Waals surface area contributed by atoms with Crippen molar-refractivity contribution >= 4 is 17.9 Å². The number of imidazole rings is 1. The lowest BCUT2D eigenvalue weighted by atomic mass is 10.1. The average molecular weight is 416 g/mol. The van der Waals surface area contributed by atoms with Gasteiger partial charge in [0.2, 0.25) is 0 Å². The summed E-state index contributed by atoms with van der Waals surface area (Å²) >= 11 is 0. The highest BCUT2D eigenvalue weighted by atomic mass is 16.4. The lowest BCUT2D eigenvalue weighted by molar-refractivity contribution is -0.139. The van der Waals surface area contributed by atoms with Gasteiger partial charge in [0.25, 0.3) is 0 Å². The van der Waals surface area contributed by atoms with Crippen molar-refractivity contribution in [3.63, 3.8) is 0 Å². The molecule has 1 fully saturated rings. The van der Waals surface area contributed by atoms with Gasteiger partial charge in [-0.3, -0.25) is 14.4 Å². The molecule has 1 saturated heterocycles. The number of aromatic amines is 1. The Morgan fingerprint density at radius 3 is 2.17 bits per heavy atom. The highest BCUT2D eigenvalue weighted by Gasteiger charge is 2.20. The van der Waals surface area contributed by atoms with Gasteiger partial charge in [0.15, 0.2) is 0 Å². The first-order valence-electron chi connectivity index (χ1n) is 9.29. The summed E-state index contributed by atoms with van der Waals surface area (Å²) in [4.78, 5) is 37.1. The molecule has 29 heavy (non-hydrogen) atoms. The van der Waals surface area contributed by atoms with Crippen LogP contribution in [0.25, 0.3) is 0 Å². The van der Waals surface area contributed by atoms with Gasteiger partial charge in [0.1, 0.15) is 18.1 Å². The maximum Gasteiger partial charge on any atom is 0.320 e. The fourth-order valence-electron chi connectivity index (χ4n) is 2.24. The van der Waals surface area contributed by atoms with Crippen LogP contribution < -0.4 is 22.5 Å². The molecule has 2 rings (SSSR count). The van der Waals surface area contributed by atoms with E-state index in [4.69, 9.17) is 32.5 Å². The van der Waals surface area contributed by atoms with Gasteiger partial charge in [-0.2, -0.15) is 0 Å². The Morgan fingerprint density at radius 2 is 1.79 bits per heavy atom. The van der Waals surface area contributed by atoms with Crippen LogP contribution in [0, 0.1) is 0 Å². The van der Waals surface area contributed by atoms with Gasteiger partial charge in [-0.1, -0.05) is 6.42 Å². The van der Waals surface area contributed by atoms with E-state index in [1.54, 1.807) is 6.20 Å². The molecule has 166 valence electrons. The van der Waals surface area contributed by atoms with E-state index in [1.165, 1.54) is 6.33 Å². The summed E-state index contributed by atoms with van der Waals surface area (Å²) in [5.41, 5.74) is 16.3. The van der Waals surface area contributed by atoms with E-state index in [1.807, 2.05) is 0 Å². The fourth-order valence-corrected chi connectivity index (χ4v) is 2.24. The van der Waals surface area contributed by atoms with Crippen molar-refractivity contribution in [1.82, 2.24) is 15.3 Å². The molecule has 0 aromatic carbocycles. The quantitative estimate of drug-likeness (QED) is 0.221. The number of unbranched alkanes of at least 4 members (excludes halogenated alkanes) is 1. The second kappa shape index (κ2) is 15.4. The molecule has 2 heterocycles. The first-order chi connectivity index (χ1) is 13.7. The van der Waals surface area contributed by atoms with Gasteiger partial charge in [0, 0.05) is 12.6 Å². The topological polar surface area (TPSA) is 231 Å². The number of H-pyrrole nitrogens is 1. The van der Waals surface area contributed by atoms with Gasteiger partial charge in [-0.05, 0) is 38.8 Å². The molecule has 1 aromatic heterocycles. The number of rotatable bonds is 9. The molecule has 0 unspecified atom stereocenters. The molecule has 11 N–H and O–H groups in total. The zero-order valence-corrected chi connectivity index (χ0v) is 16.3. The van der Waals surface area contributed by atoms with Crippen molar-refractivity contribution in [1.29, 1.82) is 0 Å². The van der Waals surface area contributed by atoms with E-state index in [9.17, 15) is 14.4 Å². The zero-order chi connectivity index (χ0) is 22.2. The van der Waals surface area contributed by atoms with E-state index >= 15 is 0 Å². The van der Waals surface area contributed by atoms with Crippen molar-refractivity contribution in [2.45, 2.75) is 56.7 Å². The molecule has 0 bridgehead atoms. The maximum atomic E-state index is 10.3. The number of hydrogen-bond acceptors (Lipinski definition) is 8. The lowest BCUT2D eigenvalue weighted by Crippen LogP contribution is -2.32. The zero-order valence-electron chi connectivity index (χ0n) is 16.3.